The maximum Gasteiger partial charge on any atom is 0.164 e. The molecule has 0 radical (unpaired) electrons. The highest BCUT2D eigenvalue weighted by molar-refractivity contribution is 6.22. The third-order valence-electron chi connectivity index (χ3n) is 8.29. The number of rotatable bonds is 6. The van der Waals surface area contributed by atoms with Gasteiger partial charge in [-0.25, -0.2) is 19.9 Å². The van der Waals surface area contributed by atoms with E-state index in [1.807, 2.05) is 72.8 Å². The number of hydrogen-bond acceptors (Lipinski definition) is 4. The minimum Gasteiger partial charge on any atom is -0.248 e. The number of hydrogen-bond donors (Lipinski definition) is 0. The van der Waals surface area contributed by atoms with Gasteiger partial charge >= 0.3 is 0 Å². The van der Waals surface area contributed by atoms with Crippen LogP contribution in [0.2, 0.25) is 0 Å². The molecule has 0 N–H and O–H groups in total. The highest BCUT2D eigenvalue weighted by Gasteiger charge is 2.13. The summed E-state index contributed by atoms with van der Waals surface area (Å²) in [6, 6.07) is 45.8. The molecule has 0 saturated heterocycles. The van der Waals surface area contributed by atoms with E-state index in [1.54, 1.807) is 6.08 Å². The highest BCUT2D eigenvalue weighted by Crippen LogP contribution is 2.35. The molecule has 8 rings (SSSR count). The maximum absolute atomic E-state index is 5.18. The predicted molar refractivity (Wildman–Crippen MR) is 192 cm³/mol. The topological polar surface area (TPSA) is 51.6 Å². The van der Waals surface area contributed by atoms with Crippen molar-refractivity contribution < 1.29 is 0 Å². The van der Waals surface area contributed by atoms with Crippen LogP contribution in [0.3, 0.4) is 0 Å². The van der Waals surface area contributed by atoms with Crippen LogP contribution < -0.4 is 0 Å². The molecule has 0 atom stereocenters. The summed E-state index contributed by atoms with van der Waals surface area (Å²) in [7, 11) is 0. The van der Waals surface area contributed by atoms with Crippen molar-refractivity contribution in [3.63, 3.8) is 0 Å². The molecule has 0 aliphatic heterocycles. The third-order valence-corrected chi connectivity index (χ3v) is 8.29. The number of allylic oxidation sites excluding steroid dienone is 4. The molecule has 2 aromatic heterocycles. The first-order valence-corrected chi connectivity index (χ1v) is 15.3. The van der Waals surface area contributed by atoms with Crippen molar-refractivity contribution in [2.24, 2.45) is 0 Å². The zero-order chi connectivity index (χ0) is 30.9. The Balaban J connectivity index is 1.28. The van der Waals surface area contributed by atoms with E-state index in [9.17, 15) is 0 Å². The highest BCUT2D eigenvalue weighted by atomic mass is 15.0. The first-order valence-electron chi connectivity index (χ1n) is 15.3. The fraction of sp³-hybridized carbons (Fsp3) is 0. The largest absolute Gasteiger partial charge is 0.248 e. The molecule has 0 spiro atoms. The van der Waals surface area contributed by atoms with Crippen molar-refractivity contribution in [1.82, 2.24) is 19.9 Å². The van der Waals surface area contributed by atoms with E-state index in [1.165, 1.54) is 26.9 Å². The molecule has 2 heterocycles. The lowest BCUT2D eigenvalue weighted by atomic mass is 9.95. The SMILES string of the molecule is C=C/C(=C\C=C\c1nc2cc3ccccc3cc2c2c1ccc1ccccc12)c1nc(-c2ccccc2)nc(-c2ccccc2)n1. The second-order valence-corrected chi connectivity index (χ2v) is 11.1. The Morgan fingerprint density at radius 3 is 1.80 bits per heavy atom. The average Bonchev–Trinajstić information content (AvgIpc) is 3.13. The van der Waals surface area contributed by atoms with Crippen LogP contribution in [0.5, 0.6) is 0 Å². The summed E-state index contributed by atoms with van der Waals surface area (Å²) in [5.74, 6) is 1.78. The Labute approximate surface area is 266 Å². The van der Waals surface area contributed by atoms with E-state index >= 15 is 0 Å². The number of fused-ring (bicyclic) bond motifs is 6. The summed E-state index contributed by atoms with van der Waals surface area (Å²) in [6.45, 7) is 4.10. The van der Waals surface area contributed by atoms with Crippen molar-refractivity contribution in [3.8, 4) is 22.8 Å². The predicted octanol–water partition coefficient (Wildman–Crippen LogP) is 10.5. The first kappa shape index (κ1) is 27.3. The quantitative estimate of drug-likeness (QED) is 0.110. The van der Waals surface area contributed by atoms with Crippen LogP contribution in [0.4, 0.5) is 0 Å². The minimum atomic E-state index is 0.557. The van der Waals surface area contributed by atoms with E-state index in [2.05, 4.69) is 85.5 Å². The zero-order valence-electron chi connectivity index (χ0n) is 25.0. The van der Waals surface area contributed by atoms with Crippen LogP contribution in [-0.4, -0.2) is 19.9 Å². The first-order chi connectivity index (χ1) is 22.7. The summed E-state index contributed by atoms with van der Waals surface area (Å²) in [5, 5.41) is 8.25. The van der Waals surface area contributed by atoms with E-state index in [0.717, 1.165) is 38.7 Å². The molecule has 0 unspecified atom stereocenters. The normalized spacial score (nSPS) is 12.0. The van der Waals surface area contributed by atoms with Crippen molar-refractivity contribution in [2.45, 2.75) is 0 Å². The molecular formula is C42H28N4. The Morgan fingerprint density at radius 2 is 1.13 bits per heavy atom. The van der Waals surface area contributed by atoms with Crippen LogP contribution in [0, 0.1) is 0 Å². The molecule has 0 fully saturated rings. The molecule has 6 aromatic carbocycles. The van der Waals surface area contributed by atoms with Crippen LogP contribution >= 0.6 is 0 Å². The number of aromatic nitrogens is 4. The molecule has 0 bridgehead atoms. The van der Waals surface area contributed by atoms with Gasteiger partial charge in [0.25, 0.3) is 0 Å². The van der Waals surface area contributed by atoms with Crippen molar-refractivity contribution in [1.29, 1.82) is 0 Å². The second kappa shape index (κ2) is 11.7. The molecule has 46 heavy (non-hydrogen) atoms. The van der Waals surface area contributed by atoms with Gasteiger partial charge in [-0.3, -0.25) is 0 Å². The van der Waals surface area contributed by atoms with E-state index in [-0.39, 0.29) is 0 Å². The van der Waals surface area contributed by atoms with Gasteiger partial charge in [0.15, 0.2) is 17.5 Å². The lowest BCUT2D eigenvalue weighted by Gasteiger charge is -2.12. The second-order valence-electron chi connectivity index (χ2n) is 11.1. The van der Waals surface area contributed by atoms with Crippen molar-refractivity contribution in [3.05, 3.63) is 170 Å². The molecule has 8 aromatic rings. The van der Waals surface area contributed by atoms with Gasteiger partial charge < -0.3 is 0 Å². The molecule has 4 nitrogen and oxygen atoms in total. The number of nitrogens with zero attached hydrogens (tertiary/aromatic N) is 4. The molecule has 0 amide bonds. The standard InChI is InChI=1S/C42H28N4/c1-2-28(40-44-41(30-15-5-3-6-16-30)46-42(45-40)31-17-7-4-8-18-31)21-13-23-37-35-25-24-29-14-11-12-22-34(29)39(35)36-26-32-19-9-10-20-33(32)27-38(36)43-37/h2-27H,1H2/b23-13+,28-21+. The van der Waals surface area contributed by atoms with Gasteiger partial charge in [-0.05, 0) is 39.8 Å². The Morgan fingerprint density at radius 1 is 0.522 bits per heavy atom. The van der Waals surface area contributed by atoms with Gasteiger partial charge in [0.1, 0.15) is 0 Å². The van der Waals surface area contributed by atoms with E-state index < -0.39 is 0 Å². The summed E-state index contributed by atoms with van der Waals surface area (Å²) in [4.78, 5) is 19.7. The van der Waals surface area contributed by atoms with Gasteiger partial charge in [0.05, 0.1) is 11.2 Å². The van der Waals surface area contributed by atoms with Gasteiger partial charge in [-0.15, -0.1) is 0 Å². The summed E-state index contributed by atoms with van der Waals surface area (Å²) >= 11 is 0. The van der Waals surface area contributed by atoms with Crippen LogP contribution in [0.25, 0.3) is 77.6 Å². The molecule has 0 aliphatic rings. The van der Waals surface area contributed by atoms with Gasteiger partial charge in [0, 0.05) is 32.9 Å². The fourth-order valence-electron chi connectivity index (χ4n) is 6.03. The zero-order valence-corrected chi connectivity index (χ0v) is 25.0. The van der Waals surface area contributed by atoms with Crippen LogP contribution in [0.1, 0.15) is 11.5 Å². The summed E-state index contributed by atoms with van der Waals surface area (Å²) < 4.78 is 0. The van der Waals surface area contributed by atoms with Crippen molar-refractivity contribution in [2.75, 3.05) is 0 Å². The smallest absolute Gasteiger partial charge is 0.164 e. The third kappa shape index (κ3) is 5.02. The summed E-state index contributed by atoms with van der Waals surface area (Å²) in [6.07, 6.45) is 7.85. The molecule has 216 valence electrons. The number of benzene rings is 6. The lowest BCUT2D eigenvalue weighted by molar-refractivity contribution is 1.04. The Hall–Kier alpha value is -6.26. The van der Waals surface area contributed by atoms with Gasteiger partial charge in [-0.1, -0.05) is 146 Å². The molecular weight excluding hydrogens is 560 g/mol. The minimum absolute atomic E-state index is 0.557. The fourth-order valence-corrected chi connectivity index (χ4v) is 6.03. The molecule has 0 saturated carbocycles. The van der Waals surface area contributed by atoms with Crippen LogP contribution in [0.15, 0.2) is 158 Å². The monoisotopic (exact) mass is 588 g/mol. The maximum atomic E-state index is 5.18. The summed E-state index contributed by atoms with van der Waals surface area (Å²) in [5.41, 5.74) is 4.50. The van der Waals surface area contributed by atoms with Crippen molar-refractivity contribution >= 4 is 54.9 Å². The molecule has 4 heteroatoms. The van der Waals surface area contributed by atoms with E-state index in [4.69, 9.17) is 19.9 Å². The average molecular weight is 589 g/mol. The van der Waals surface area contributed by atoms with E-state index in [0.29, 0.717) is 17.5 Å². The Bertz CT molecular complexity index is 2420. The van der Waals surface area contributed by atoms with Gasteiger partial charge in [-0.2, -0.15) is 0 Å². The van der Waals surface area contributed by atoms with Gasteiger partial charge in [0.2, 0.25) is 0 Å². The van der Waals surface area contributed by atoms with Crippen LogP contribution in [-0.2, 0) is 0 Å². The number of pyridine rings is 1. The molecule has 0 aliphatic carbocycles. The Kier molecular flexibility index (Phi) is 6.93. The lowest BCUT2D eigenvalue weighted by Crippen LogP contribution is -2.02.